The van der Waals surface area contributed by atoms with Gasteiger partial charge in [-0.1, -0.05) is 82.3 Å². The van der Waals surface area contributed by atoms with Crippen molar-refractivity contribution in [2.24, 2.45) is 0 Å². The Labute approximate surface area is 246 Å². The lowest BCUT2D eigenvalue weighted by atomic mass is 9.81. The molecule has 0 spiro atoms. The molecule has 42 heavy (non-hydrogen) atoms. The van der Waals surface area contributed by atoms with E-state index in [1.807, 2.05) is 24.5 Å². The molecular formula is C38H34N4. The summed E-state index contributed by atoms with van der Waals surface area (Å²) in [4.78, 5) is 9.45. The maximum Gasteiger partial charge on any atom is 0.0531 e. The Morgan fingerprint density at radius 1 is 0.476 bits per heavy atom. The van der Waals surface area contributed by atoms with Gasteiger partial charge in [0.15, 0.2) is 0 Å². The van der Waals surface area contributed by atoms with Crippen LogP contribution in [0.2, 0.25) is 0 Å². The van der Waals surface area contributed by atoms with Crippen molar-refractivity contribution in [3.05, 3.63) is 156 Å². The van der Waals surface area contributed by atoms with Crippen LogP contribution >= 0.6 is 0 Å². The number of hydrogen-bond acceptors (Lipinski definition) is 2. The summed E-state index contributed by atoms with van der Waals surface area (Å²) < 4.78 is 4.65. The van der Waals surface area contributed by atoms with E-state index in [-0.39, 0.29) is 10.8 Å². The minimum Gasteiger partial charge on any atom is -0.316 e. The lowest BCUT2D eigenvalue weighted by Gasteiger charge is -2.24. The van der Waals surface area contributed by atoms with Crippen LogP contribution in [0.25, 0.3) is 33.2 Å². The number of benzene rings is 3. The Morgan fingerprint density at radius 2 is 0.905 bits per heavy atom. The van der Waals surface area contributed by atoms with E-state index >= 15 is 0 Å². The van der Waals surface area contributed by atoms with Crippen LogP contribution in [0, 0.1) is 0 Å². The summed E-state index contributed by atoms with van der Waals surface area (Å²) in [5.74, 6) is 0. The Bertz CT molecular complexity index is 1880. The zero-order valence-corrected chi connectivity index (χ0v) is 24.5. The molecular weight excluding hydrogens is 512 g/mol. The van der Waals surface area contributed by atoms with Crippen LogP contribution < -0.4 is 0 Å². The third-order valence-corrected chi connectivity index (χ3v) is 8.77. The van der Waals surface area contributed by atoms with E-state index < -0.39 is 0 Å². The molecule has 206 valence electrons. The van der Waals surface area contributed by atoms with Crippen molar-refractivity contribution in [3.63, 3.8) is 0 Å². The summed E-state index contributed by atoms with van der Waals surface area (Å²) in [7, 11) is 0. The molecule has 0 amide bonds. The zero-order chi connectivity index (χ0) is 28.9. The van der Waals surface area contributed by atoms with Gasteiger partial charge < -0.3 is 9.13 Å². The largest absolute Gasteiger partial charge is 0.316 e. The first-order chi connectivity index (χ1) is 20.4. The normalized spacial score (nSPS) is 12.3. The molecule has 0 radical (unpaired) electrons. The molecule has 0 aliphatic heterocycles. The number of nitrogens with zero attached hydrogens (tertiary/aromatic N) is 4. The molecule has 0 N–H and O–H groups in total. The maximum absolute atomic E-state index is 4.73. The highest BCUT2D eigenvalue weighted by molar-refractivity contribution is 5.89. The molecule has 0 unspecified atom stereocenters. The lowest BCUT2D eigenvalue weighted by molar-refractivity contribution is 0.621. The first kappa shape index (κ1) is 26.0. The number of fused-ring (bicyclic) bond motifs is 2. The number of para-hydroxylation sites is 2. The van der Waals surface area contributed by atoms with Gasteiger partial charge in [-0.15, -0.1) is 0 Å². The van der Waals surface area contributed by atoms with E-state index in [4.69, 9.17) is 9.97 Å². The summed E-state index contributed by atoms with van der Waals surface area (Å²) in [5.41, 5.74) is 8.72. The molecule has 7 aromatic rings. The SMILES string of the molecule is CC(C)(c1ccccn1)c1cn(-c2cccc(-n3cc(C(C)(C)c4ccccn4)c4ccccc43)c2)c2ccccc12. The van der Waals surface area contributed by atoms with Gasteiger partial charge in [-0.3, -0.25) is 9.97 Å². The molecule has 0 fully saturated rings. The first-order valence-corrected chi connectivity index (χ1v) is 14.5. The summed E-state index contributed by atoms with van der Waals surface area (Å²) >= 11 is 0. The summed E-state index contributed by atoms with van der Waals surface area (Å²) in [5, 5.41) is 2.48. The summed E-state index contributed by atoms with van der Waals surface area (Å²) in [6.07, 6.45) is 8.35. The van der Waals surface area contributed by atoms with Crippen molar-refractivity contribution in [2.75, 3.05) is 0 Å². The number of rotatable bonds is 6. The molecule has 4 heteroatoms. The minimum absolute atomic E-state index is 0.258. The summed E-state index contributed by atoms with van der Waals surface area (Å²) in [6.45, 7) is 9.03. The predicted octanol–water partition coefficient (Wildman–Crippen LogP) is 9.02. The molecule has 0 aliphatic rings. The van der Waals surface area contributed by atoms with Crippen LogP contribution in [0.15, 0.2) is 134 Å². The average molecular weight is 547 g/mol. The Morgan fingerprint density at radius 3 is 1.33 bits per heavy atom. The van der Waals surface area contributed by atoms with Gasteiger partial charge in [-0.05, 0) is 65.7 Å². The molecule has 4 heterocycles. The van der Waals surface area contributed by atoms with E-state index in [0.29, 0.717) is 0 Å². The van der Waals surface area contributed by atoms with Gasteiger partial charge in [-0.2, -0.15) is 0 Å². The van der Waals surface area contributed by atoms with E-state index in [9.17, 15) is 0 Å². The van der Waals surface area contributed by atoms with Gasteiger partial charge in [0.05, 0.1) is 22.4 Å². The molecule has 0 aliphatic carbocycles. The highest BCUT2D eigenvalue weighted by Crippen LogP contribution is 2.39. The van der Waals surface area contributed by atoms with E-state index in [1.54, 1.807) is 0 Å². The second-order valence-electron chi connectivity index (χ2n) is 12.1. The fraction of sp³-hybridized carbons (Fsp3) is 0.158. The third-order valence-electron chi connectivity index (χ3n) is 8.77. The highest BCUT2D eigenvalue weighted by atomic mass is 15.0. The zero-order valence-electron chi connectivity index (χ0n) is 24.5. The van der Waals surface area contributed by atoms with Crippen LogP contribution in [0.4, 0.5) is 0 Å². The van der Waals surface area contributed by atoms with Crippen molar-refractivity contribution in [2.45, 2.75) is 38.5 Å². The Hall–Kier alpha value is -4.96. The quantitative estimate of drug-likeness (QED) is 0.209. The number of pyridine rings is 2. The minimum atomic E-state index is -0.258. The number of hydrogen-bond donors (Lipinski definition) is 0. The lowest BCUT2D eigenvalue weighted by Crippen LogP contribution is -2.20. The van der Waals surface area contributed by atoms with Crippen LogP contribution in [-0.4, -0.2) is 19.1 Å². The van der Waals surface area contributed by atoms with E-state index in [2.05, 4.69) is 146 Å². The van der Waals surface area contributed by atoms with Gasteiger partial charge in [0.1, 0.15) is 0 Å². The second kappa shape index (κ2) is 9.85. The average Bonchev–Trinajstić information content (AvgIpc) is 3.63. The third kappa shape index (κ3) is 4.14. The molecule has 0 saturated carbocycles. The van der Waals surface area contributed by atoms with Gasteiger partial charge in [0, 0.05) is 57.8 Å². The smallest absolute Gasteiger partial charge is 0.0531 e. The topological polar surface area (TPSA) is 35.6 Å². The Balaban J connectivity index is 1.38. The monoisotopic (exact) mass is 546 g/mol. The number of aromatic nitrogens is 4. The van der Waals surface area contributed by atoms with Crippen molar-refractivity contribution in [3.8, 4) is 11.4 Å². The maximum atomic E-state index is 4.73. The van der Waals surface area contributed by atoms with E-state index in [1.165, 1.54) is 32.9 Å². The highest BCUT2D eigenvalue weighted by Gasteiger charge is 2.30. The van der Waals surface area contributed by atoms with Crippen molar-refractivity contribution < 1.29 is 0 Å². The molecule has 0 atom stereocenters. The van der Waals surface area contributed by atoms with Crippen molar-refractivity contribution in [1.29, 1.82) is 0 Å². The van der Waals surface area contributed by atoms with E-state index in [0.717, 1.165) is 22.8 Å². The van der Waals surface area contributed by atoms with Crippen LogP contribution in [0.1, 0.15) is 50.2 Å². The molecule has 4 aromatic heterocycles. The molecule has 0 saturated heterocycles. The van der Waals surface area contributed by atoms with Crippen molar-refractivity contribution in [1.82, 2.24) is 19.1 Å². The fourth-order valence-corrected chi connectivity index (χ4v) is 6.32. The van der Waals surface area contributed by atoms with Gasteiger partial charge in [-0.25, -0.2) is 0 Å². The molecule has 0 bridgehead atoms. The van der Waals surface area contributed by atoms with Gasteiger partial charge in [0.2, 0.25) is 0 Å². The summed E-state index contributed by atoms with van der Waals surface area (Å²) in [6, 6.07) is 38.5. The van der Waals surface area contributed by atoms with Gasteiger partial charge in [0.25, 0.3) is 0 Å². The fourth-order valence-electron chi connectivity index (χ4n) is 6.32. The van der Waals surface area contributed by atoms with Crippen LogP contribution in [0.3, 0.4) is 0 Å². The van der Waals surface area contributed by atoms with Gasteiger partial charge >= 0.3 is 0 Å². The standard InChI is InChI=1S/C38H34N4/c1-37(2,35-20-9-11-22-39-35)31-25-41(33-18-7-5-16-29(31)33)27-14-13-15-28(24-27)42-26-32(30-17-6-8-19-34(30)42)38(3,4)36-21-10-12-23-40-36/h5-26H,1-4H3. The van der Waals surface area contributed by atoms with Crippen LogP contribution in [-0.2, 0) is 10.8 Å². The second-order valence-corrected chi connectivity index (χ2v) is 12.1. The predicted molar refractivity (Wildman–Crippen MR) is 173 cm³/mol. The molecule has 4 nitrogen and oxygen atoms in total. The Kier molecular flexibility index (Phi) is 6.09. The first-order valence-electron chi connectivity index (χ1n) is 14.5. The van der Waals surface area contributed by atoms with Crippen molar-refractivity contribution >= 4 is 21.8 Å². The molecule has 3 aromatic carbocycles. The molecule has 7 rings (SSSR count). The van der Waals surface area contributed by atoms with Crippen LogP contribution in [0.5, 0.6) is 0 Å².